The number of hydrogen-bond acceptors (Lipinski definition) is 3. The quantitative estimate of drug-likeness (QED) is 0.772. The van der Waals surface area contributed by atoms with Crippen LogP contribution in [0.4, 0.5) is 0 Å². The maximum absolute atomic E-state index is 9.46. The van der Waals surface area contributed by atoms with Gasteiger partial charge < -0.3 is 15.2 Å². The second-order valence-corrected chi connectivity index (χ2v) is 3.57. The Bertz CT molecular complexity index is 283. The molecule has 0 heterocycles. The van der Waals surface area contributed by atoms with Crippen molar-refractivity contribution in [3.63, 3.8) is 0 Å². The summed E-state index contributed by atoms with van der Waals surface area (Å²) in [4.78, 5) is 0. The number of hydrogen-bond donors (Lipinski definition) is 2. The average Bonchev–Trinajstić information content (AvgIpc) is 2.33. The van der Waals surface area contributed by atoms with Crippen molar-refractivity contribution in [2.45, 2.75) is 18.9 Å². The maximum atomic E-state index is 9.46. The molecule has 1 aromatic rings. The van der Waals surface area contributed by atoms with Crippen LogP contribution < -0.4 is 10.1 Å². The van der Waals surface area contributed by atoms with Crippen molar-refractivity contribution in [3.05, 3.63) is 29.8 Å². The van der Waals surface area contributed by atoms with Crippen LogP contribution in [0.15, 0.2) is 24.3 Å². The van der Waals surface area contributed by atoms with Crippen LogP contribution in [0.5, 0.6) is 5.75 Å². The lowest BCUT2D eigenvalue weighted by Crippen LogP contribution is -2.42. The molecule has 0 aromatic heterocycles. The SMILES string of the molecule is CCC(CO)(NC)c1ccc(OC)cc1. The summed E-state index contributed by atoms with van der Waals surface area (Å²) >= 11 is 0. The van der Waals surface area contributed by atoms with Gasteiger partial charge in [0.05, 0.1) is 19.3 Å². The summed E-state index contributed by atoms with van der Waals surface area (Å²) in [5.74, 6) is 0.831. The van der Waals surface area contributed by atoms with Gasteiger partial charge in [0.2, 0.25) is 0 Å². The van der Waals surface area contributed by atoms with Gasteiger partial charge in [0.25, 0.3) is 0 Å². The molecule has 1 aromatic carbocycles. The minimum atomic E-state index is -0.341. The van der Waals surface area contributed by atoms with Gasteiger partial charge >= 0.3 is 0 Å². The first-order chi connectivity index (χ1) is 7.22. The van der Waals surface area contributed by atoms with E-state index in [-0.39, 0.29) is 12.1 Å². The zero-order valence-corrected chi connectivity index (χ0v) is 9.58. The van der Waals surface area contributed by atoms with Gasteiger partial charge in [0, 0.05) is 0 Å². The van der Waals surface area contributed by atoms with Gasteiger partial charge in [0.15, 0.2) is 0 Å². The highest BCUT2D eigenvalue weighted by Crippen LogP contribution is 2.25. The Balaban J connectivity index is 3.01. The van der Waals surface area contributed by atoms with E-state index in [1.54, 1.807) is 7.11 Å². The molecule has 0 amide bonds. The van der Waals surface area contributed by atoms with Crippen molar-refractivity contribution in [2.24, 2.45) is 0 Å². The van der Waals surface area contributed by atoms with Crippen molar-refractivity contribution in [3.8, 4) is 5.75 Å². The lowest BCUT2D eigenvalue weighted by atomic mass is 9.88. The fourth-order valence-electron chi connectivity index (χ4n) is 1.72. The monoisotopic (exact) mass is 209 g/mol. The number of nitrogens with one attached hydrogen (secondary N) is 1. The van der Waals surface area contributed by atoms with E-state index in [1.807, 2.05) is 31.3 Å². The lowest BCUT2D eigenvalue weighted by Gasteiger charge is -2.31. The molecule has 3 heteroatoms. The van der Waals surface area contributed by atoms with E-state index in [9.17, 15) is 5.11 Å². The van der Waals surface area contributed by atoms with E-state index >= 15 is 0 Å². The molecule has 1 unspecified atom stereocenters. The fourth-order valence-corrected chi connectivity index (χ4v) is 1.72. The van der Waals surface area contributed by atoms with Crippen LogP contribution in [0.3, 0.4) is 0 Å². The molecule has 0 aliphatic rings. The fraction of sp³-hybridized carbons (Fsp3) is 0.500. The van der Waals surface area contributed by atoms with Crippen LogP contribution >= 0.6 is 0 Å². The van der Waals surface area contributed by atoms with Crippen LogP contribution in [0, 0.1) is 0 Å². The number of methoxy groups -OCH3 is 1. The Morgan fingerprint density at radius 2 is 1.93 bits per heavy atom. The van der Waals surface area contributed by atoms with Gasteiger partial charge in [-0.25, -0.2) is 0 Å². The molecule has 84 valence electrons. The largest absolute Gasteiger partial charge is 0.497 e. The molecule has 1 atom stereocenters. The normalized spacial score (nSPS) is 14.7. The van der Waals surface area contributed by atoms with Gasteiger partial charge in [-0.2, -0.15) is 0 Å². The number of likely N-dealkylation sites (N-methyl/N-ethyl adjacent to an activating group) is 1. The Labute approximate surface area is 91.1 Å². The van der Waals surface area contributed by atoms with Crippen molar-refractivity contribution in [1.29, 1.82) is 0 Å². The number of aliphatic hydroxyl groups excluding tert-OH is 1. The molecule has 0 saturated carbocycles. The zero-order valence-electron chi connectivity index (χ0n) is 9.58. The predicted molar refractivity (Wildman–Crippen MR) is 61.1 cm³/mol. The van der Waals surface area contributed by atoms with Crippen molar-refractivity contribution in [1.82, 2.24) is 5.32 Å². The molecule has 1 rings (SSSR count). The lowest BCUT2D eigenvalue weighted by molar-refractivity contribution is 0.164. The van der Waals surface area contributed by atoms with E-state index in [1.165, 1.54) is 0 Å². The molecule has 2 N–H and O–H groups in total. The molecule has 0 radical (unpaired) electrons. The standard InChI is InChI=1S/C12H19NO2/c1-4-12(9-14,13-2)10-5-7-11(15-3)8-6-10/h5-8,13-14H,4,9H2,1-3H3. The first kappa shape index (κ1) is 12.0. The molecule has 3 nitrogen and oxygen atoms in total. The predicted octanol–water partition coefficient (Wildman–Crippen LogP) is 1.51. The number of rotatable bonds is 5. The van der Waals surface area contributed by atoms with Crippen LogP contribution in [-0.4, -0.2) is 25.9 Å². The molecule has 0 aliphatic carbocycles. The van der Waals surface area contributed by atoms with E-state index in [0.717, 1.165) is 17.7 Å². The second kappa shape index (κ2) is 5.14. The molecule has 0 fully saturated rings. The Morgan fingerprint density at radius 1 is 1.33 bits per heavy atom. The maximum Gasteiger partial charge on any atom is 0.118 e. The highest BCUT2D eigenvalue weighted by Gasteiger charge is 2.27. The third kappa shape index (κ3) is 2.30. The third-order valence-electron chi connectivity index (χ3n) is 2.99. The summed E-state index contributed by atoms with van der Waals surface area (Å²) < 4.78 is 5.10. The Hall–Kier alpha value is -1.06. The first-order valence-electron chi connectivity index (χ1n) is 5.16. The number of aliphatic hydroxyl groups is 1. The highest BCUT2D eigenvalue weighted by molar-refractivity contribution is 5.32. The van der Waals surface area contributed by atoms with Crippen molar-refractivity contribution >= 4 is 0 Å². The summed E-state index contributed by atoms with van der Waals surface area (Å²) in [6.07, 6.45) is 0.840. The summed E-state index contributed by atoms with van der Waals surface area (Å²) in [6, 6.07) is 7.78. The first-order valence-corrected chi connectivity index (χ1v) is 5.16. The van der Waals surface area contributed by atoms with Gasteiger partial charge in [-0.05, 0) is 31.2 Å². The number of benzene rings is 1. The zero-order chi connectivity index (χ0) is 11.3. The van der Waals surface area contributed by atoms with E-state index in [2.05, 4.69) is 12.2 Å². The van der Waals surface area contributed by atoms with Crippen LogP contribution in [-0.2, 0) is 5.54 Å². The van der Waals surface area contributed by atoms with E-state index in [0.29, 0.717) is 0 Å². The molecule has 0 spiro atoms. The summed E-state index contributed by atoms with van der Waals surface area (Å²) in [5.41, 5.74) is 0.738. The van der Waals surface area contributed by atoms with Crippen LogP contribution in [0.1, 0.15) is 18.9 Å². The molecule has 0 bridgehead atoms. The topological polar surface area (TPSA) is 41.5 Å². The van der Waals surface area contributed by atoms with Crippen LogP contribution in [0.25, 0.3) is 0 Å². The summed E-state index contributed by atoms with van der Waals surface area (Å²) in [7, 11) is 3.51. The van der Waals surface area contributed by atoms with E-state index in [4.69, 9.17) is 4.74 Å². The minimum absolute atomic E-state index is 0.0896. The van der Waals surface area contributed by atoms with Gasteiger partial charge in [-0.15, -0.1) is 0 Å². The summed E-state index contributed by atoms with van der Waals surface area (Å²) in [6.45, 7) is 2.14. The molecule has 0 aliphatic heterocycles. The highest BCUT2D eigenvalue weighted by atomic mass is 16.5. The Morgan fingerprint density at radius 3 is 2.27 bits per heavy atom. The number of ether oxygens (including phenoxy) is 1. The Kier molecular flexibility index (Phi) is 4.12. The summed E-state index contributed by atoms with van der Waals surface area (Å²) in [5, 5.41) is 12.6. The van der Waals surface area contributed by atoms with Crippen LogP contribution in [0.2, 0.25) is 0 Å². The van der Waals surface area contributed by atoms with E-state index < -0.39 is 0 Å². The molecular formula is C12H19NO2. The van der Waals surface area contributed by atoms with Gasteiger partial charge in [-0.3, -0.25) is 0 Å². The van der Waals surface area contributed by atoms with Crippen molar-refractivity contribution < 1.29 is 9.84 Å². The average molecular weight is 209 g/mol. The smallest absolute Gasteiger partial charge is 0.118 e. The van der Waals surface area contributed by atoms with Gasteiger partial charge in [0.1, 0.15) is 5.75 Å². The molecular weight excluding hydrogens is 190 g/mol. The third-order valence-corrected chi connectivity index (χ3v) is 2.99. The van der Waals surface area contributed by atoms with Crippen molar-refractivity contribution in [2.75, 3.05) is 20.8 Å². The molecule has 0 saturated heterocycles. The van der Waals surface area contributed by atoms with Gasteiger partial charge in [-0.1, -0.05) is 19.1 Å². The second-order valence-electron chi connectivity index (χ2n) is 3.57. The molecule has 15 heavy (non-hydrogen) atoms. The minimum Gasteiger partial charge on any atom is -0.497 e.